The van der Waals surface area contributed by atoms with E-state index in [-0.39, 0.29) is 24.0 Å². The number of aliphatic imine (C=N–C) groups is 1. The molecule has 0 unspecified atom stereocenters. The summed E-state index contributed by atoms with van der Waals surface area (Å²) in [5.74, 6) is 0.999. The SMILES string of the molecule is CCNC(=NCCCN1CCCN(C)CC1)N(C)Cc1cccn1C.I. The minimum Gasteiger partial charge on any atom is -0.357 e. The average molecular weight is 476 g/mol. The van der Waals surface area contributed by atoms with E-state index in [1.807, 2.05) is 0 Å². The van der Waals surface area contributed by atoms with Crippen LogP contribution in [-0.4, -0.2) is 85.1 Å². The van der Waals surface area contributed by atoms with Crippen LogP contribution in [0.2, 0.25) is 0 Å². The first-order valence-corrected chi connectivity index (χ1v) is 9.60. The lowest BCUT2D eigenvalue weighted by molar-refractivity contribution is 0.275. The van der Waals surface area contributed by atoms with Gasteiger partial charge in [-0.25, -0.2) is 0 Å². The number of aromatic nitrogens is 1. The van der Waals surface area contributed by atoms with Crippen LogP contribution in [0.4, 0.5) is 0 Å². The van der Waals surface area contributed by atoms with Crippen molar-refractivity contribution < 1.29 is 0 Å². The van der Waals surface area contributed by atoms with Gasteiger partial charge in [0.25, 0.3) is 0 Å². The van der Waals surface area contributed by atoms with E-state index in [9.17, 15) is 0 Å². The number of hydrogen-bond donors (Lipinski definition) is 1. The van der Waals surface area contributed by atoms with Crippen molar-refractivity contribution in [3.05, 3.63) is 24.0 Å². The first-order chi connectivity index (χ1) is 12.1. The molecule has 7 heteroatoms. The van der Waals surface area contributed by atoms with Crippen LogP contribution in [0.15, 0.2) is 23.3 Å². The molecule has 2 rings (SSSR count). The molecule has 150 valence electrons. The molecule has 0 aromatic carbocycles. The van der Waals surface area contributed by atoms with E-state index < -0.39 is 0 Å². The van der Waals surface area contributed by atoms with Gasteiger partial charge in [0.1, 0.15) is 0 Å². The molecule has 1 saturated heterocycles. The largest absolute Gasteiger partial charge is 0.357 e. The molecule has 0 spiro atoms. The van der Waals surface area contributed by atoms with Crippen LogP contribution in [0.25, 0.3) is 0 Å². The van der Waals surface area contributed by atoms with Gasteiger partial charge < -0.3 is 24.6 Å². The molecule has 0 radical (unpaired) electrons. The Kier molecular flexibility index (Phi) is 11.2. The number of guanidine groups is 1. The molecule has 0 atom stereocenters. The summed E-state index contributed by atoms with van der Waals surface area (Å²) in [6, 6.07) is 4.25. The van der Waals surface area contributed by atoms with Crippen molar-refractivity contribution in [2.24, 2.45) is 12.0 Å². The van der Waals surface area contributed by atoms with Gasteiger partial charge in [0.05, 0.1) is 6.54 Å². The van der Waals surface area contributed by atoms with Crippen LogP contribution >= 0.6 is 24.0 Å². The normalized spacial score (nSPS) is 16.8. The summed E-state index contributed by atoms with van der Waals surface area (Å²) in [5, 5.41) is 3.41. The Labute approximate surface area is 176 Å². The molecule has 26 heavy (non-hydrogen) atoms. The zero-order valence-electron chi connectivity index (χ0n) is 16.9. The summed E-state index contributed by atoms with van der Waals surface area (Å²) in [5.41, 5.74) is 1.29. The third kappa shape index (κ3) is 7.84. The highest BCUT2D eigenvalue weighted by molar-refractivity contribution is 14.0. The van der Waals surface area contributed by atoms with Crippen LogP contribution in [-0.2, 0) is 13.6 Å². The fourth-order valence-corrected chi connectivity index (χ4v) is 3.25. The highest BCUT2D eigenvalue weighted by Crippen LogP contribution is 2.05. The van der Waals surface area contributed by atoms with Gasteiger partial charge in [-0.1, -0.05) is 0 Å². The van der Waals surface area contributed by atoms with Gasteiger partial charge in [-0.3, -0.25) is 4.99 Å². The number of likely N-dealkylation sites (N-methyl/N-ethyl adjacent to an activating group) is 1. The molecular weight excluding hydrogens is 439 g/mol. The van der Waals surface area contributed by atoms with Gasteiger partial charge in [0, 0.05) is 52.2 Å². The molecule has 0 amide bonds. The van der Waals surface area contributed by atoms with Crippen LogP contribution in [0.3, 0.4) is 0 Å². The molecule has 0 saturated carbocycles. The molecule has 1 fully saturated rings. The fraction of sp³-hybridized carbons (Fsp3) is 0.737. The molecule has 1 aliphatic rings. The molecule has 1 aliphatic heterocycles. The van der Waals surface area contributed by atoms with E-state index in [2.05, 4.69) is 71.0 Å². The number of halogens is 1. The Morgan fingerprint density at radius 1 is 1.23 bits per heavy atom. The lowest BCUT2D eigenvalue weighted by atomic mass is 10.3. The zero-order valence-corrected chi connectivity index (χ0v) is 19.3. The highest BCUT2D eigenvalue weighted by atomic mass is 127. The highest BCUT2D eigenvalue weighted by Gasteiger charge is 2.12. The van der Waals surface area contributed by atoms with Crippen molar-refractivity contribution in [3.63, 3.8) is 0 Å². The fourth-order valence-electron chi connectivity index (χ4n) is 3.25. The topological polar surface area (TPSA) is 39.0 Å². The second-order valence-electron chi connectivity index (χ2n) is 7.05. The Bertz CT molecular complexity index is 530. The molecule has 1 aromatic rings. The van der Waals surface area contributed by atoms with E-state index in [1.54, 1.807) is 0 Å². The predicted octanol–water partition coefficient (Wildman–Crippen LogP) is 2.07. The van der Waals surface area contributed by atoms with E-state index in [1.165, 1.54) is 38.3 Å². The second kappa shape index (κ2) is 12.6. The standard InChI is InChI=1S/C19H36N6.HI/c1-5-20-19(24(4)17-18-9-6-12-23(18)3)21-10-7-13-25-14-8-11-22(2)15-16-25;/h6,9,12H,5,7-8,10-11,13-17H2,1-4H3,(H,20,21);1H. The molecule has 0 aliphatic carbocycles. The maximum atomic E-state index is 4.83. The Morgan fingerprint density at radius 3 is 2.73 bits per heavy atom. The van der Waals surface area contributed by atoms with Crippen LogP contribution < -0.4 is 5.32 Å². The lowest BCUT2D eigenvalue weighted by Crippen LogP contribution is -2.39. The molecule has 1 N–H and O–H groups in total. The summed E-state index contributed by atoms with van der Waals surface area (Å²) >= 11 is 0. The van der Waals surface area contributed by atoms with Gasteiger partial charge >= 0.3 is 0 Å². The average Bonchev–Trinajstić information content (AvgIpc) is 2.87. The monoisotopic (exact) mass is 476 g/mol. The molecular formula is C19H37IN6. The third-order valence-corrected chi connectivity index (χ3v) is 4.85. The Hall–Kier alpha value is -0.800. The van der Waals surface area contributed by atoms with E-state index in [0.29, 0.717) is 0 Å². The van der Waals surface area contributed by atoms with Gasteiger partial charge in [-0.2, -0.15) is 0 Å². The van der Waals surface area contributed by atoms with Crippen molar-refractivity contribution in [1.29, 1.82) is 0 Å². The van der Waals surface area contributed by atoms with E-state index in [0.717, 1.165) is 38.6 Å². The first-order valence-electron chi connectivity index (χ1n) is 9.60. The maximum Gasteiger partial charge on any atom is 0.194 e. The van der Waals surface area contributed by atoms with Gasteiger partial charge in [0.2, 0.25) is 0 Å². The minimum absolute atomic E-state index is 0. The van der Waals surface area contributed by atoms with Crippen molar-refractivity contribution in [1.82, 2.24) is 24.6 Å². The third-order valence-electron chi connectivity index (χ3n) is 4.85. The summed E-state index contributed by atoms with van der Waals surface area (Å²) < 4.78 is 2.16. The zero-order chi connectivity index (χ0) is 18.1. The molecule has 1 aromatic heterocycles. The molecule has 6 nitrogen and oxygen atoms in total. The predicted molar refractivity (Wildman–Crippen MR) is 121 cm³/mol. The van der Waals surface area contributed by atoms with Gasteiger partial charge in [-0.15, -0.1) is 24.0 Å². The smallest absolute Gasteiger partial charge is 0.194 e. The van der Waals surface area contributed by atoms with Gasteiger partial charge in [0.15, 0.2) is 5.96 Å². The molecule has 2 heterocycles. The Balaban J connectivity index is 0.00000338. The number of rotatable bonds is 7. The lowest BCUT2D eigenvalue weighted by Gasteiger charge is -2.23. The van der Waals surface area contributed by atoms with E-state index in [4.69, 9.17) is 4.99 Å². The summed E-state index contributed by atoms with van der Waals surface area (Å²) in [7, 11) is 6.42. The Morgan fingerprint density at radius 2 is 2.04 bits per heavy atom. The van der Waals surface area contributed by atoms with Crippen molar-refractivity contribution >= 4 is 29.9 Å². The van der Waals surface area contributed by atoms with Crippen LogP contribution in [0.5, 0.6) is 0 Å². The summed E-state index contributed by atoms with van der Waals surface area (Å²) in [4.78, 5) is 12.1. The summed E-state index contributed by atoms with van der Waals surface area (Å²) in [6.45, 7) is 10.7. The number of hydrogen-bond acceptors (Lipinski definition) is 3. The quantitative estimate of drug-likeness (QED) is 0.283. The first kappa shape index (κ1) is 23.2. The van der Waals surface area contributed by atoms with Crippen molar-refractivity contribution in [3.8, 4) is 0 Å². The van der Waals surface area contributed by atoms with Crippen molar-refractivity contribution in [2.75, 3.05) is 59.9 Å². The summed E-state index contributed by atoms with van der Waals surface area (Å²) in [6.07, 6.45) is 4.49. The van der Waals surface area contributed by atoms with Crippen LogP contribution in [0.1, 0.15) is 25.5 Å². The number of aryl methyl sites for hydroxylation is 1. The van der Waals surface area contributed by atoms with Crippen LogP contribution in [0, 0.1) is 0 Å². The van der Waals surface area contributed by atoms with Gasteiger partial charge in [-0.05, 0) is 58.6 Å². The number of nitrogens with one attached hydrogen (secondary N) is 1. The minimum atomic E-state index is 0. The van der Waals surface area contributed by atoms with E-state index >= 15 is 0 Å². The molecule has 0 bridgehead atoms. The number of nitrogens with zero attached hydrogens (tertiary/aromatic N) is 5. The van der Waals surface area contributed by atoms with Crippen molar-refractivity contribution in [2.45, 2.75) is 26.3 Å². The maximum absolute atomic E-state index is 4.83. The second-order valence-corrected chi connectivity index (χ2v) is 7.05.